The molecule has 2 rings (SSSR count). The van der Waals surface area contributed by atoms with Crippen LogP contribution in [0.15, 0.2) is 53.4 Å². The van der Waals surface area contributed by atoms with Crippen LogP contribution in [0.25, 0.3) is 0 Å². The molecule has 3 heteroatoms. The first kappa shape index (κ1) is 13.0. The van der Waals surface area contributed by atoms with Crippen molar-refractivity contribution >= 4 is 17.4 Å². The van der Waals surface area contributed by atoms with Gasteiger partial charge in [-0.2, -0.15) is 0 Å². The number of benzene rings is 2. The fourth-order valence-corrected chi connectivity index (χ4v) is 2.48. The number of nitrogens with one attached hydrogen (secondary N) is 1. The van der Waals surface area contributed by atoms with Gasteiger partial charge in [-0.15, -0.1) is 11.8 Å². The van der Waals surface area contributed by atoms with Crippen molar-refractivity contribution in [1.29, 1.82) is 0 Å². The van der Waals surface area contributed by atoms with Crippen molar-refractivity contribution in [2.24, 2.45) is 0 Å². The average molecular weight is 261 g/mol. The highest BCUT2D eigenvalue weighted by molar-refractivity contribution is 7.99. The molecule has 0 aliphatic rings. The molecule has 0 saturated heterocycles. The summed E-state index contributed by atoms with van der Waals surface area (Å²) in [5, 5.41) is 3.33. The molecule has 0 saturated carbocycles. The lowest BCUT2D eigenvalue weighted by atomic mass is 10.2. The quantitative estimate of drug-likeness (QED) is 0.635. The maximum absolute atomic E-state index is 13.4. The highest BCUT2D eigenvalue weighted by Crippen LogP contribution is 2.20. The van der Waals surface area contributed by atoms with Crippen LogP contribution in [0.3, 0.4) is 0 Å². The summed E-state index contributed by atoms with van der Waals surface area (Å²) < 4.78 is 13.4. The molecule has 0 unspecified atom stereocenters. The third kappa shape index (κ3) is 3.77. The summed E-state index contributed by atoms with van der Waals surface area (Å²) in [4.78, 5) is 0.712. The molecule has 0 atom stereocenters. The first-order chi connectivity index (χ1) is 8.75. The second kappa shape index (κ2) is 6.45. The Morgan fingerprint density at radius 1 is 1.11 bits per heavy atom. The Morgan fingerprint density at radius 2 is 1.94 bits per heavy atom. The Morgan fingerprint density at radius 3 is 2.72 bits per heavy atom. The molecule has 0 amide bonds. The van der Waals surface area contributed by atoms with Crippen molar-refractivity contribution in [2.45, 2.75) is 11.8 Å². The zero-order valence-corrected chi connectivity index (χ0v) is 11.1. The van der Waals surface area contributed by atoms with E-state index in [1.54, 1.807) is 6.07 Å². The van der Waals surface area contributed by atoms with Crippen LogP contribution in [0.5, 0.6) is 0 Å². The molecule has 94 valence electrons. The van der Waals surface area contributed by atoms with Gasteiger partial charge in [0.1, 0.15) is 5.82 Å². The lowest BCUT2D eigenvalue weighted by Gasteiger charge is -2.07. The first-order valence-corrected chi connectivity index (χ1v) is 6.92. The lowest BCUT2D eigenvalue weighted by molar-refractivity contribution is 0.602. The van der Waals surface area contributed by atoms with Gasteiger partial charge in [-0.25, -0.2) is 4.39 Å². The van der Waals surface area contributed by atoms with E-state index in [-0.39, 0.29) is 5.82 Å². The number of rotatable bonds is 5. The third-order valence-corrected chi connectivity index (χ3v) is 3.59. The minimum atomic E-state index is -0.141. The van der Waals surface area contributed by atoms with Crippen LogP contribution >= 0.6 is 11.8 Å². The Bertz CT molecular complexity index is 513. The molecule has 1 N–H and O–H groups in total. The predicted molar refractivity (Wildman–Crippen MR) is 76.8 cm³/mol. The lowest BCUT2D eigenvalue weighted by Crippen LogP contribution is -2.04. The Kier molecular flexibility index (Phi) is 4.65. The minimum Gasteiger partial charge on any atom is -0.384 e. The van der Waals surface area contributed by atoms with Crippen LogP contribution in [-0.4, -0.2) is 12.3 Å². The summed E-state index contributed by atoms with van der Waals surface area (Å²) in [6, 6.07) is 15.1. The van der Waals surface area contributed by atoms with E-state index in [1.165, 1.54) is 23.4 Å². The van der Waals surface area contributed by atoms with Gasteiger partial charge in [0, 0.05) is 22.9 Å². The van der Waals surface area contributed by atoms with E-state index in [2.05, 4.69) is 24.4 Å². The van der Waals surface area contributed by atoms with Gasteiger partial charge < -0.3 is 5.32 Å². The Hall–Kier alpha value is -1.48. The smallest absolute Gasteiger partial charge is 0.136 e. The minimum absolute atomic E-state index is 0.141. The van der Waals surface area contributed by atoms with E-state index in [9.17, 15) is 4.39 Å². The van der Waals surface area contributed by atoms with Gasteiger partial charge in [0.25, 0.3) is 0 Å². The average Bonchev–Trinajstić information content (AvgIpc) is 2.37. The number of hydrogen-bond donors (Lipinski definition) is 1. The number of anilines is 1. The normalized spacial score (nSPS) is 10.3. The molecule has 0 aliphatic heterocycles. The molecule has 0 heterocycles. The molecular weight excluding hydrogens is 245 g/mol. The van der Waals surface area contributed by atoms with Gasteiger partial charge in [0.05, 0.1) is 0 Å². The van der Waals surface area contributed by atoms with E-state index in [1.807, 2.05) is 24.3 Å². The van der Waals surface area contributed by atoms with Crippen LogP contribution in [0.4, 0.5) is 10.1 Å². The molecule has 0 aliphatic carbocycles. The second-order valence-electron chi connectivity index (χ2n) is 4.08. The zero-order valence-electron chi connectivity index (χ0n) is 10.3. The Balaban J connectivity index is 1.78. The maximum atomic E-state index is 13.4. The van der Waals surface area contributed by atoms with Gasteiger partial charge in [-0.05, 0) is 36.8 Å². The summed E-state index contributed by atoms with van der Waals surface area (Å²) in [5.74, 6) is 0.701. The van der Waals surface area contributed by atoms with Crippen molar-refractivity contribution in [2.75, 3.05) is 17.6 Å². The van der Waals surface area contributed by atoms with E-state index < -0.39 is 0 Å². The summed E-state index contributed by atoms with van der Waals surface area (Å²) in [7, 11) is 0. The molecule has 0 radical (unpaired) electrons. The Labute approximate surface area is 111 Å². The van der Waals surface area contributed by atoms with Crippen LogP contribution in [0.2, 0.25) is 0 Å². The SMILES string of the molecule is Cc1cccc(NCCSc2ccccc2F)c1. The molecule has 2 aromatic rings. The summed E-state index contributed by atoms with van der Waals surface area (Å²) >= 11 is 1.53. The molecule has 18 heavy (non-hydrogen) atoms. The largest absolute Gasteiger partial charge is 0.384 e. The summed E-state index contributed by atoms with van der Waals surface area (Å²) in [6.45, 7) is 2.89. The first-order valence-electron chi connectivity index (χ1n) is 5.93. The monoisotopic (exact) mass is 261 g/mol. The number of halogens is 1. The molecule has 0 spiro atoms. The topological polar surface area (TPSA) is 12.0 Å². The molecule has 0 bridgehead atoms. The van der Waals surface area contributed by atoms with E-state index in [0.717, 1.165) is 18.0 Å². The second-order valence-corrected chi connectivity index (χ2v) is 5.21. The summed E-state index contributed by atoms with van der Waals surface area (Å²) in [5.41, 5.74) is 2.35. The van der Waals surface area contributed by atoms with Crippen LogP contribution in [0.1, 0.15) is 5.56 Å². The van der Waals surface area contributed by atoms with Gasteiger partial charge in [-0.3, -0.25) is 0 Å². The van der Waals surface area contributed by atoms with Gasteiger partial charge in [-0.1, -0.05) is 24.3 Å². The molecular formula is C15H16FNS. The van der Waals surface area contributed by atoms with E-state index in [4.69, 9.17) is 0 Å². The highest BCUT2D eigenvalue weighted by atomic mass is 32.2. The van der Waals surface area contributed by atoms with E-state index >= 15 is 0 Å². The maximum Gasteiger partial charge on any atom is 0.136 e. The van der Waals surface area contributed by atoms with Crippen molar-refractivity contribution in [1.82, 2.24) is 0 Å². The number of aryl methyl sites for hydroxylation is 1. The van der Waals surface area contributed by atoms with Crippen molar-refractivity contribution < 1.29 is 4.39 Å². The van der Waals surface area contributed by atoms with Crippen LogP contribution in [-0.2, 0) is 0 Å². The predicted octanol–water partition coefficient (Wildman–Crippen LogP) is 4.34. The molecule has 0 fully saturated rings. The van der Waals surface area contributed by atoms with Crippen LogP contribution in [0, 0.1) is 12.7 Å². The zero-order chi connectivity index (χ0) is 12.8. The molecule has 1 nitrogen and oxygen atoms in total. The van der Waals surface area contributed by atoms with Crippen molar-refractivity contribution in [3.63, 3.8) is 0 Å². The third-order valence-electron chi connectivity index (χ3n) is 2.54. The van der Waals surface area contributed by atoms with Crippen LogP contribution < -0.4 is 5.32 Å². The molecule has 0 aromatic heterocycles. The number of hydrogen-bond acceptors (Lipinski definition) is 2. The fourth-order valence-electron chi connectivity index (χ4n) is 1.67. The van der Waals surface area contributed by atoms with Crippen molar-refractivity contribution in [3.05, 3.63) is 59.9 Å². The molecule has 2 aromatic carbocycles. The standard InChI is InChI=1S/C15H16FNS/c1-12-5-4-6-13(11-12)17-9-10-18-15-8-3-2-7-14(15)16/h2-8,11,17H,9-10H2,1H3. The van der Waals surface area contributed by atoms with Gasteiger partial charge in [0.15, 0.2) is 0 Å². The highest BCUT2D eigenvalue weighted by Gasteiger charge is 2.00. The van der Waals surface area contributed by atoms with Gasteiger partial charge in [0.2, 0.25) is 0 Å². The van der Waals surface area contributed by atoms with Gasteiger partial charge >= 0.3 is 0 Å². The van der Waals surface area contributed by atoms with E-state index in [0.29, 0.717) is 4.90 Å². The van der Waals surface area contributed by atoms with Crippen molar-refractivity contribution in [3.8, 4) is 0 Å². The fraction of sp³-hybridized carbons (Fsp3) is 0.200. The summed E-state index contributed by atoms with van der Waals surface area (Å²) in [6.07, 6.45) is 0. The number of thioether (sulfide) groups is 1.